The zero-order valence-electron chi connectivity index (χ0n) is 9.43. The zero-order chi connectivity index (χ0) is 8.69. The molecule has 0 aliphatic carbocycles. The van der Waals surface area contributed by atoms with E-state index in [-0.39, 0.29) is 29.6 Å². The summed E-state index contributed by atoms with van der Waals surface area (Å²) in [4.78, 5) is 0. The van der Waals surface area contributed by atoms with Gasteiger partial charge in [-0.15, -0.1) is 12.1 Å². The van der Waals surface area contributed by atoms with Crippen molar-refractivity contribution in [3.63, 3.8) is 0 Å². The van der Waals surface area contributed by atoms with Crippen LogP contribution in [0.15, 0.2) is 0 Å². The van der Waals surface area contributed by atoms with Gasteiger partial charge in [0.15, 0.2) is 0 Å². The van der Waals surface area contributed by atoms with Crippen LogP contribution >= 0.6 is 0 Å². The molecule has 2 atom stereocenters. The minimum Gasteiger partial charge on any atom is -0.657 e. The topological polar surface area (TPSA) is 14.1 Å². The molecule has 0 fully saturated rings. The van der Waals surface area contributed by atoms with Gasteiger partial charge in [0.2, 0.25) is 0 Å². The van der Waals surface area contributed by atoms with Gasteiger partial charge in [0.25, 0.3) is 0 Å². The second kappa shape index (κ2) is 10.0. The molecule has 2 unspecified atom stereocenters. The van der Waals surface area contributed by atoms with Crippen molar-refractivity contribution in [2.45, 2.75) is 65.5 Å². The van der Waals surface area contributed by atoms with Crippen molar-refractivity contribution in [1.82, 2.24) is 0 Å². The van der Waals surface area contributed by atoms with E-state index in [1.54, 1.807) is 0 Å². The SMILES string of the molecule is CCCC(C)[N-]C(C)CCC.[Na+]. The summed E-state index contributed by atoms with van der Waals surface area (Å²) in [5.74, 6) is 0. The first kappa shape index (κ1) is 15.4. The average Bonchev–Trinajstić information content (AvgIpc) is 1.87. The van der Waals surface area contributed by atoms with Crippen molar-refractivity contribution in [3.05, 3.63) is 5.32 Å². The first-order chi connectivity index (χ1) is 5.20. The second-order valence-corrected chi connectivity index (χ2v) is 3.42. The molecule has 68 valence electrons. The monoisotopic (exact) mass is 179 g/mol. The quantitative estimate of drug-likeness (QED) is 0.534. The third-order valence-corrected chi connectivity index (χ3v) is 1.92. The smallest absolute Gasteiger partial charge is 0.657 e. The average molecular weight is 179 g/mol. The van der Waals surface area contributed by atoms with Crippen LogP contribution in [0.25, 0.3) is 5.32 Å². The molecule has 0 aliphatic heterocycles. The van der Waals surface area contributed by atoms with Gasteiger partial charge in [-0.1, -0.05) is 53.4 Å². The Balaban J connectivity index is 0. The summed E-state index contributed by atoms with van der Waals surface area (Å²) in [5, 5.41) is 4.66. The third-order valence-electron chi connectivity index (χ3n) is 1.92. The Kier molecular flexibility index (Phi) is 12.9. The van der Waals surface area contributed by atoms with Crippen molar-refractivity contribution in [2.24, 2.45) is 0 Å². The molecular weight excluding hydrogens is 157 g/mol. The fourth-order valence-corrected chi connectivity index (χ4v) is 1.42. The normalized spacial score (nSPS) is 15.0. The van der Waals surface area contributed by atoms with Crippen molar-refractivity contribution in [3.8, 4) is 0 Å². The van der Waals surface area contributed by atoms with E-state index in [1.807, 2.05) is 0 Å². The molecule has 0 heterocycles. The van der Waals surface area contributed by atoms with E-state index in [0.29, 0.717) is 12.1 Å². The Morgan fingerprint density at radius 3 is 1.50 bits per heavy atom. The van der Waals surface area contributed by atoms with E-state index >= 15 is 0 Å². The van der Waals surface area contributed by atoms with Gasteiger partial charge in [0, 0.05) is 0 Å². The zero-order valence-corrected chi connectivity index (χ0v) is 11.4. The number of hydrogen-bond donors (Lipinski definition) is 0. The Bertz CT molecular complexity index is 75.9. The van der Waals surface area contributed by atoms with E-state index in [1.165, 1.54) is 25.7 Å². The first-order valence-corrected chi connectivity index (χ1v) is 4.90. The van der Waals surface area contributed by atoms with Crippen LogP contribution in [0.1, 0.15) is 53.4 Å². The first-order valence-electron chi connectivity index (χ1n) is 4.90. The van der Waals surface area contributed by atoms with Crippen LogP contribution in [-0.4, -0.2) is 12.1 Å². The van der Waals surface area contributed by atoms with Crippen LogP contribution in [0.5, 0.6) is 0 Å². The minimum absolute atomic E-state index is 0. The maximum Gasteiger partial charge on any atom is 1.00 e. The standard InChI is InChI=1S/C10H22N.Na/c1-5-7-9(3)11-10(4)8-6-2;/h9-10H,5-8H2,1-4H3;/q-1;+1. The molecule has 0 saturated heterocycles. The van der Waals surface area contributed by atoms with Crippen LogP contribution in [0, 0.1) is 0 Å². The van der Waals surface area contributed by atoms with Gasteiger partial charge in [-0.05, 0) is 0 Å². The van der Waals surface area contributed by atoms with Gasteiger partial charge in [0.1, 0.15) is 0 Å². The molecular formula is C10H22NNa. The van der Waals surface area contributed by atoms with Gasteiger partial charge < -0.3 is 5.32 Å². The van der Waals surface area contributed by atoms with E-state index in [4.69, 9.17) is 0 Å². The molecule has 0 rings (SSSR count). The van der Waals surface area contributed by atoms with Gasteiger partial charge in [0.05, 0.1) is 0 Å². The molecule has 0 amide bonds. The molecule has 0 aliphatic rings. The van der Waals surface area contributed by atoms with Crippen molar-refractivity contribution >= 4 is 0 Å². The second-order valence-electron chi connectivity index (χ2n) is 3.42. The summed E-state index contributed by atoms with van der Waals surface area (Å²) in [6.45, 7) is 8.87. The molecule has 1 nitrogen and oxygen atoms in total. The molecule has 0 bridgehead atoms. The third kappa shape index (κ3) is 9.05. The summed E-state index contributed by atoms with van der Waals surface area (Å²) < 4.78 is 0. The van der Waals surface area contributed by atoms with Gasteiger partial charge in [-0.25, -0.2) is 0 Å². The summed E-state index contributed by atoms with van der Waals surface area (Å²) in [5.41, 5.74) is 0. The summed E-state index contributed by atoms with van der Waals surface area (Å²) >= 11 is 0. The molecule has 0 aromatic heterocycles. The maximum absolute atomic E-state index is 4.66. The van der Waals surface area contributed by atoms with Crippen LogP contribution in [-0.2, 0) is 0 Å². The van der Waals surface area contributed by atoms with Crippen LogP contribution in [0.4, 0.5) is 0 Å². The van der Waals surface area contributed by atoms with Crippen LogP contribution in [0.2, 0.25) is 0 Å². The van der Waals surface area contributed by atoms with Crippen molar-refractivity contribution < 1.29 is 29.6 Å². The van der Waals surface area contributed by atoms with Crippen molar-refractivity contribution in [1.29, 1.82) is 0 Å². The van der Waals surface area contributed by atoms with Gasteiger partial charge in [-0.2, -0.15) is 0 Å². The molecule has 0 spiro atoms. The summed E-state index contributed by atoms with van der Waals surface area (Å²) in [7, 11) is 0. The minimum atomic E-state index is 0. The summed E-state index contributed by atoms with van der Waals surface area (Å²) in [6, 6.07) is 1.14. The molecule has 0 saturated carbocycles. The van der Waals surface area contributed by atoms with E-state index in [2.05, 4.69) is 33.0 Å². The molecule has 0 N–H and O–H groups in total. The number of rotatable bonds is 6. The fourth-order valence-electron chi connectivity index (χ4n) is 1.42. The van der Waals surface area contributed by atoms with Crippen molar-refractivity contribution in [2.75, 3.05) is 0 Å². The van der Waals surface area contributed by atoms with Crippen LogP contribution in [0.3, 0.4) is 0 Å². The molecule has 12 heavy (non-hydrogen) atoms. The Morgan fingerprint density at radius 1 is 0.917 bits per heavy atom. The molecule has 0 aromatic rings. The fraction of sp³-hybridized carbons (Fsp3) is 1.00. The molecule has 2 heteroatoms. The van der Waals surface area contributed by atoms with Gasteiger partial charge >= 0.3 is 29.6 Å². The number of nitrogens with zero attached hydrogens (tertiary/aromatic N) is 1. The largest absolute Gasteiger partial charge is 1.00 e. The van der Waals surface area contributed by atoms with E-state index in [9.17, 15) is 0 Å². The predicted octanol–water partition coefficient (Wildman–Crippen LogP) is 0.741. The van der Waals surface area contributed by atoms with Crippen LogP contribution < -0.4 is 29.6 Å². The van der Waals surface area contributed by atoms with Gasteiger partial charge in [-0.3, -0.25) is 0 Å². The maximum atomic E-state index is 4.66. The Hall–Kier alpha value is 0.960. The number of hydrogen-bond acceptors (Lipinski definition) is 0. The molecule has 0 radical (unpaired) electrons. The molecule has 0 aromatic carbocycles. The Morgan fingerprint density at radius 2 is 1.25 bits per heavy atom. The summed E-state index contributed by atoms with van der Waals surface area (Å²) in [6.07, 6.45) is 5.00. The Labute approximate surface area is 100.0 Å². The van der Waals surface area contributed by atoms with E-state index < -0.39 is 0 Å². The predicted molar refractivity (Wildman–Crippen MR) is 52.1 cm³/mol. The van der Waals surface area contributed by atoms with E-state index in [0.717, 1.165) is 0 Å².